The van der Waals surface area contributed by atoms with Crippen molar-refractivity contribution in [3.63, 3.8) is 0 Å². The molecule has 2 amide bonds. The Hall–Kier alpha value is -4.08. The van der Waals surface area contributed by atoms with Crippen LogP contribution in [0, 0.1) is 0 Å². The van der Waals surface area contributed by atoms with Gasteiger partial charge in [0.15, 0.2) is 5.76 Å². The lowest BCUT2D eigenvalue weighted by Crippen LogP contribution is -2.42. The number of halogens is 1. The maximum atomic E-state index is 13.3. The number of benzene rings is 2. The molecule has 196 valence electrons. The van der Waals surface area contributed by atoms with Gasteiger partial charge in [-0.2, -0.15) is 0 Å². The number of imidazole rings is 1. The van der Waals surface area contributed by atoms with Gasteiger partial charge in [0.05, 0.1) is 30.9 Å². The summed E-state index contributed by atoms with van der Waals surface area (Å²) >= 11 is 6.06. The molecule has 1 atom stereocenters. The molecule has 0 aliphatic carbocycles. The molecule has 2 aromatic heterocycles. The summed E-state index contributed by atoms with van der Waals surface area (Å²) in [5.41, 5.74) is 2.22. The number of hydrogen-bond acceptors (Lipinski definition) is 6. The Bertz CT molecular complexity index is 1400. The highest BCUT2D eigenvalue weighted by Crippen LogP contribution is 2.27. The van der Waals surface area contributed by atoms with Gasteiger partial charge < -0.3 is 18.8 Å². The SMILES string of the molecule is COc1cccc(-n2cc(-c3ccc(Cl)cc3)nc2NC(=O)CN(C[C@H]2CCCO2)C(=O)c2ccco2)c1. The summed E-state index contributed by atoms with van der Waals surface area (Å²) in [4.78, 5) is 32.5. The summed E-state index contributed by atoms with van der Waals surface area (Å²) in [5.74, 6) is 0.349. The molecule has 2 aromatic carbocycles. The Kier molecular flexibility index (Phi) is 7.76. The number of anilines is 1. The average Bonchev–Trinajstić information content (AvgIpc) is 3.71. The topological polar surface area (TPSA) is 98.8 Å². The second kappa shape index (κ2) is 11.5. The molecule has 1 fully saturated rings. The highest BCUT2D eigenvalue weighted by atomic mass is 35.5. The van der Waals surface area contributed by atoms with Crippen LogP contribution in [0.1, 0.15) is 23.4 Å². The minimum Gasteiger partial charge on any atom is -0.497 e. The Morgan fingerprint density at radius 3 is 2.74 bits per heavy atom. The number of furan rings is 1. The number of nitrogens with one attached hydrogen (secondary N) is 1. The van der Waals surface area contributed by atoms with Gasteiger partial charge in [0.25, 0.3) is 5.91 Å². The lowest BCUT2D eigenvalue weighted by atomic mass is 10.2. The zero-order valence-electron chi connectivity index (χ0n) is 20.8. The fourth-order valence-corrected chi connectivity index (χ4v) is 4.46. The Labute approximate surface area is 224 Å². The number of nitrogens with zero attached hydrogens (tertiary/aromatic N) is 3. The number of methoxy groups -OCH3 is 1. The monoisotopic (exact) mass is 534 g/mol. The third kappa shape index (κ3) is 5.90. The minimum absolute atomic E-state index is 0.128. The predicted molar refractivity (Wildman–Crippen MR) is 143 cm³/mol. The number of rotatable bonds is 9. The maximum Gasteiger partial charge on any atom is 0.290 e. The van der Waals surface area contributed by atoms with E-state index in [4.69, 9.17) is 25.5 Å². The Morgan fingerprint density at radius 1 is 1.18 bits per heavy atom. The lowest BCUT2D eigenvalue weighted by molar-refractivity contribution is -0.117. The van der Waals surface area contributed by atoms with Crippen LogP contribution in [0.2, 0.25) is 5.02 Å². The number of aromatic nitrogens is 2. The van der Waals surface area contributed by atoms with Crippen LogP contribution in [0.5, 0.6) is 5.75 Å². The minimum atomic E-state index is -0.402. The molecule has 9 nitrogen and oxygen atoms in total. The van der Waals surface area contributed by atoms with Crippen LogP contribution in [0.25, 0.3) is 16.9 Å². The molecular weight excluding hydrogens is 508 g/mol. The molecule has 4 aromatic rings. The molecule has 38 heavy (non-hydrogen) atoms. The number of ether oxygens (including phenoxy) is 2. The van der Waals surface area contributed by atoms with Crippen molar-refractivity contribution in [1.82, 2.24) is 14.5 Å². The smallest absolute Gasteiger partial charge is 0.290 e. The van der Waals surface area contributed by atoms with Crippen LogP contribution in [0.4, 0.5) is 5.95 Å². The van der Waals surface area contributed by atoms with E-state index in [0.29, 0.717) is 29.0 Å². The molecule has 1 aliphatic rings. The largest absolute Gasteiger partial charge is 0.497 e. The van der Waals surface area contributed by atoms with Gasteiger partial charge in [-0.25, -0.2) is 4.98 Å². The van der Waals surface area contributed by atoms with E-state index >= 15 is 0 Å². The summed E-state index contributed by atoms with van der Waals surface area (Å²) < 4.78 is 18.2. The van der Waals surface area contributed by atoms with E-state index in [0.717, 1.165) is 24.1 Å². The Balaban J connectivity index is 1.42. The zero-order chi connectivity index (χ0) is 26.5. The molecule has 3 heterocycles. The quantitative estimate of drug-likeness (QED) is 0.322. The summed E-state index contributed by atoms with van der Waals surface area (Å²) in [6.07, 6.45) is 4.88. The van der Waals surface area contributed by atoms with E-state index < -0.39 is 5.91 Å². The predicted octanol–water partition coefficient (Wildman–Crippen LogP) is 5.05. The van der Waals surface area contributed by atoms with Gasteiger partial charge >= 0.3 is 0 Å². The van der Waals surface area contributed by atoms with Gasteiger partial charge in [-0.1, -0.05) is 29.8 Å². The molecule has 0 radical (unpaired) electrons. The zero-order valence-corrected chi connectivity index (χ0v) is 21.6. The van der Waals surface area contributed by atoms with Crippen LogP contribution in [-0.4, -0.2) is 59.2 Å². The summed E-state index contributed by atoms with van der Waals surface area (Å²) in [7, 11) is 1.59. The molecule has 5 rings (SSSR count). The maximum absolute atomic E-state index is 13.3. The van der Waals surface area contributed by atoms with Crippen LogP contribution < -0.4 is 10.1 Å². The number of carbonyl (C=O) groups is 2. The van der Waals surface area contributed by atoms with E-state index in [2.05, 4.69) is 10.3 Å². The Morgan fingerprint density at radius 2 is 2.03 bits per heavy atom. The summed E-state index contributed by atoms with van der Waals surface area (Å²) in [5, 5.41) is 3.50. The van der Waals surface area contributed by atoms with Crippen LogP contribution in [0.15, 0.2) is 77.5 Å². The highest BCUT2D eigenvalue weighted by molar-refractivity contribution is 6.30. The van der Waals surface area contributed by atoms with Gasteiger partial charge in [0.2, 0.25) is 11.9 Å². The fourth-order valence-electron chi connectivity index (χ4n) is 4.33. The van der Waals surface area contributed by atoms with Crippen molar-refractivity contribution in [1.29, 1.82) is 0 Å². The first-order chi connectivity index (χ1) is 18.5. The first-order valence-electron chi connectivity index (χ1n) is 12.2. The molecule has 10 heteroatoms. The van der Waals surface area contributed by atoms with E-state index in [-0.39, 0.29) is 30.9 Å². The second-order valence-corrected chi connectivity index (χ2v) is 9.31. The molecule has 0 spiro atoms. The van der Waals surface area contributed by atoms with Gasteiger partial charge in [-0.15, -0.1) is 0 Å². The van der Waals surface area contributed by atoms with Crippen molar-refractivity contribution in [3.8, 4) is 22.7 Å². The fraction of sp³-hybridized carbons (Fsp3) is 0.250. The van der Waals surface area contributed by atoms with Crippen LogP contribution >= 0.6 is 11.6 Å². The van der Waals surface area contributed by atoms with Gasteiger partial charge in [-0.05, 0) is 49.2 Å². The summed E-state index contributed by atoms with van der Waals surface area (Å²) in [6, 6.07) is 17.9. The third-order valence-electron chi connectivity index (χ3n) is 6.23. The van der Waals surface area contributed by atoms with Crippen molar-refractivity contribution in [2.75, 3.05) is 32.1 Å². The summed E-state index contributed by atoms with van der Waals surface area (Å²) in [6.45, 7) is 0.735. The van der Waals surface area contributed by atoms with Gasteiger partial charge in [0, 0.05) is 36.0 Å². The molecule has 0 saturated carbocycles. The standard InChI is InChI=1S/C28H27ClN4O5/c1-36-22-6-2-5-21(15-22)33-17-24(19-9-11-20(29)12-10-19)30-28(33)31-26(34)18-32(16-23-7-3-13-37-23)27(35)25-8-4-14-38-25/h2,4-6,8-12,14-15,17,23H,3,7,13,16,18H2,1H3,(H,30,31,34)/t23-/m1/s1. The van der Waals surface area contributed by atoms with Gasteiger partial charge in [-0.3, -0.25) is 19.5 Å². The van der Waals surface area contributed by atoms with Crippen molar-refractivity contribution in [2.45, 2.75) is 18.9 Å². The van der Waals surface area contributed by atoms with Crippen molar-refractivity contribution < 1.29 is 23.5 Å². The molecule has 1 aliphatic heterocycles. The van der Waals surface area contributed by atoms with E-state index in [1.807, 2.05) is 42.6 Å². The van der Waals surface area contributed by atoms with Crippen LogP contribution in [-0.2, 0) is 9.53 Å². The number of amides is 2. The molecular formula is C28H27ClN4O5. The van der Waals surface area contributed by atoms with Gasteiger partial charge in [0.1, 0.15) is 12.3 Å². The lowest BCUT2D eigenvalue weighted by Gasteiger charge is -2.24. The molecule has 1 N–H and O–H groups in total. The normalized spacial score (nSPS) is 14.8. The van der Waals surface area contributed by atoms with E-state index in [1.165, 1.54) is 11.2 Å². The third-order valence-corrected chi connectivity index (χ3v) is 6.48. The number of carbonyl (C=O) groups excluding carboxylic acids is 2. The van der Waals surface area contributed by atoms with Crippen molar-refractivity contribution in [2.24, 2.45) is 0 Å². The number of hydrogen-bond donors (Lipinski definition) is 1. The molecule has 1 saturated heterocycles. The molecule has 0 bridgehead atoms. The first kappa shape index (κ1) is 25.6. The van der Waals surface area contributed by atoms with E-state index in [9.17, 15) is 9.59 Å². The van der Waals surface area contributed by atoms with Crippen molar-refractivity contribution >= 4 is 29.4 Å². The van der Waals surface area contributed by atoms with Crippen LogP contribution in [0.3, 0.4) is 0 Å². The second-order valence-electron chi connectivity index (χ2n) is 8.87. The van der Waals surface area contributed by atoms with Crippen molar-refractivity contribution in [3.05, 3.63) is 83.9 Å². The highest BCUT2D eigenvalue weighted by Gasteiger charge is 2.27. The first-order valence-corrected chi connectivity index (χ1v) is 12.6. The molecule has 0 unspecified atom stereocenters. The average molecular weight is 535 g/mol. The van der Waals surface area contributed by atoms with E-state index in [1.54, 1.807) is 35.9 Å².